The van der Waals surface area contributed by atoms with E-state index in [0.29, 0.717) is 78.9 Å². The third kappa shape index (κ3) is 6.89. The first-order chi connectivity index (χ1) is 22.5. The van der Waals surface area contributed by atoms with Gasteiger partial charge in [0.15, 0.2) is 12.4 Å². The van der Waals surface area contributed by atoms with Crippen LogP contribution in [0.4, 0.5) is 10.5 Å². The van der Waals surface area contributed by atoms with Crippen molar-refractivity contribution in [3.8, 4) is 28.3 Å². The monoisotopic (exact) mass is 637 g/mol. The zero-order valence-electron chi connectivity index (χ0n) is 25.3. The number of urea groups is 1. The molecule has 0 radical (unpaired) electrons. The molecular weight excluding hydrogens is 598 g/mol. The van der Waals surface area contributed by atoms with Gasteiger partial charge >= 0.3 is 6.03 Å². The summed E-state index contributed by atoms with van der Waals surface area (Å²) in [5.41, 5.74) is 7.91. The number of hydrogen-bond acceptors (Lipinski definition) is 8. The summed E-state index contributed by atoms with van der Waals surface area (Å²) in [5, 5.41) is 12.1. The van der Waals surface area contributed by atoms with Crippen molar-refractivity contribution in [3.63, 3.8) is 0 Å². The number of fused-ring (bicyclic) bond motifs is 3. The maximum absolute atomic E-state index is 13.7. The molecule has 2 aliphatic heterocycles. The number of piperazine rings is 1. The van der Waals surface area contributed by atoms with E-state index in [1.807, 2.05) is 41.3 Å². The fraction of sp³-hybridized carbons (Fsp3) is 0.314. The second-order valence-corrected chi connectivity index (χ2v) is 11.5. The number of H-pyrrole nitrogens is 1. The Balaban J connectivity index is 0.00000386. The number of aromatic amines is 1. The number of nitrogens with zero attached hydrogens (tertiary/aromatic N) is 4. The molecular formula is C35H39N7O5. The first-order valence-electron chi connectivity index (χ1n) is 15.5. The zero-order valence-corrected chi connectivity index (χ0v) is 25.3. The van der Waals surface area contributed by atoms with Gasteiger partial charge in [0.2, 0.25) is 0 Å². The van der Waals surface area contributed by atoms with Crippen molar-refractivity contribution in [2.24, 2.45) is 0 Å². The van der Waals surface area contributed by atoms with Crippen LogP contribution >= 0.6 is 0 Å². The molecule has 0 unspecified atom stereocenters. The van der Waals surface area contributed by atoms with Crippen LogP contribution in [0, 0.1) is 0 Å². The van der Waals surface area contributed by atoms with E-state index < -0.39 is 6.03 Å². The summed E-state index contributed by atoms with van der Waals surface area (Å²) in [6.07, 6.45) is 0. The first-order valence-corrected chi connectivity index (χ1v) is 15.5. The molecule has 7 rings (SSSR count). The molecule has 3 aromatic carbocycles. The standard InChI is InChI=1S/C34H35N7O5.CH4/c42-28(40-15-13-39(14-16-40)21-23-5-2-1-3-6-23)22-46-25-11-9-24(10-12-25)31-30-32(37-36-31)26-7-4-8-27(29(26)33(30)43)35-34(44)38-41-17-19-45-20-18-41;/h1-12H,13-22H2,(H,36,37)(H2,35,38,44);1H4. The van der Waals surface area contributed by atoms with Gasteiger partial charge in [0, 0.05) is 56.9 Å². The molecule has 0 saturated carbocycles. The molecule has 2 fully saturated rings. The lowest BCUT2D eigenvalue weighted by molar-refractivity contribution is -0.135. The summed E-state index contributed by atoms with van der Waals surface area (Å²) in [7, 11) is 0. The Morgan fingerprint density at radius 3 is 2.36 bits per heavy atom. The van der Waals surface area contributed by atoms with Gasteiger partial charge in [-0.25, -0.2) is 9.80 Å². The summed E-state index contributed by atoms with van der Waals surface area (Å²) >= 11 is 0. The Morgan fingerprint density at radius 2 is 1.62 bits per heavy atom. The lowest BCUT2D eigenvalue weighted by Crippen LogP contribution is -2.49. The molecule has 3 aliphatic rings. The van der Waals surface area contributed by atoms with Gasteiger partial charge in [0.05, 0.1) is 35.7 Å². The normalized spacial score (nSPS) is 16.2. The van der Waals surface area contributed by atoms with Crippen LogP contribution in [-0.4, -0.2) is 102 Å². The molecule has 0 atom stereocenters. The Labute approximate surface area is 273 Å². The van der Waals surface area contributed by atoms with Crippen LogP contribution in [0.5, 0.6) is 5.75 Å². The molecule has 2 saturated heterocycles. The van der Waals surface area contributed by atoms with E-state index in [-0.39, 0.29) is 25.7 Å². The Morgan fingerprint density at radius 1 is 0.872 bits per heavy atom. The molecule has 3 N–H and O–H groups in total. The lowest BCUT2D eigenvalue weighted by Gasteiger charge is -2.34. The van der Waals surface area contributed by atoms with Crippen molar-refractivity contribution < 1.29 is 23.9 Å². The maximum atomic E-state index is 13.7. The third-order valence-electron chi connectivity index (χ3n) is 8.54. The van der Waals surface area contributed by atoms with E-state index >= 15 is 0 Å². The number of aromatic nitrogens is 2. The summed E-state index contributed by atoms with van der Waals surface area (Å²) in [6, 6.07) is 22.5. The first kappa shape index (κ1) is 31.9. The quantitative estimate of drug-likeness (QED) is 0.233. The van der Waals surface area contributed by atoms with E-state index in [2.05, 4.69) is 38.0 Å². The van der Waals surface area contributed by atoms with Crippen LogP contribution in [0.25, 0.3) is 22.5 Å². The van der Waals surface area contributed by atoms with Gasteiger partial charge in [-0.05, 0) is 35.9 Å². The topological polar surface area (TPSA) is 132 Å². The molecule has 12 heteroatoms. The van der Waals surface area contributed by atoms with E-state index in [4.69, 9.17) is 9.47 Å². The predicted octanol–water partition coefficient (Wildman–Crippen LogP) is 4.02. The van der Waals surface area contributed by atoms with Gasteiger partial charge in [0.1, 0.15) is 11.4 Å². The average Bonchev–Trinajstić information content (AvgIpc) is 3.65. The van der Waals surface area contributed by atoms with Crippen LogP contribution in [0.2, 0.25) is 0 Å². The minimum absolute atomic E-state index is 0. The molecule has 1 aromatic heterocycles. The van der Waals surface area contributed by atoms with Crippen molar-refractivity contribution >= 4 is 23.4 Å². The Kier molecular flexibility index (Phi) is 9.62. The fourth-order valence-corrected chi connectivity index (χ4v) is 6.11. The summed E-state index contributed by atoms with van der Waals surface area (Å²) in [4.78, 5) is 43.5. The molecule has 3 heterocycles. The number of morpholine rings is 1. The molecule has 47 heavy (non-hydrogen) atoms. The number of hydrazine groups is 1. The van der Waals surface area contributed by atoms with Crippen molar-refractivity contribution in [1.29, 1.82) is 0 Å². The van der Waals surface area contributed by atoms with Crippen molar-refractivity contribution in [2.75, 3.05) is 64.4 Å². The van der Waals surface area contributed by atoms with Crippen LogP contribution in [0.15, 0.2) is 72.8 Å². The van der Waals surface area contributed by atoms with Crippen LogP contribution in [0.1, 0.15) is 28.9 Å². The highest BCUT2D eigenvalue weighted by molar-refractivity contribution is 6.26. The van der Waals surface area contributed by atoms with Gasteiger partial charge in [0.25, 0.3) is 5.91 Å². The van der Waals surface area contributed by atoms with Gasteiger partial charge in [-0.3, -0.25) is 25.0 Å². The number of ketones is 1. The second kappa shape index (κ2) is 14.2. The molecule has 4 aromatic rings. The van der Waals surface area contributed by atoms with Crippen molar-refractivity contribution in [2.45, 2.75) is 14.0 Å². The van der Waals surface area contributed by atoms with Crippen LogP contribution in [0.3, 0.4) is 0 Å². The second-order valence-electron chi connectivity index (χ2n) is 11.5. The summed E-state index contributed by atoms with van der Waals surface area (Å²) in [5.74, 6) is 0.296. The molecule has 0 spiro atoms. The highest BCUT2D eigenvalue weighted by atomic mass is 16.5. The van der Waals surface area contributed by atoms with Crippen molar-refractivity contribution in [1.82, 2.24) is 30.4 Å². The number of anilines is 1. The largest absolute Gasteiger partial charge is 0.484 e. The predicted molar refractivity (Wildman–Crippen MR) is 178 cm³/mol. The van der Waals surface area contributed by atoms with Crippen molar-refractivity contribution in [3.05, 3.63) is 89.5 Å². The third-order valence-corrected chi connectivity index (χ3v) is 8.54. The number of ether oxygens (including phenoxy) is 2. The Hall–Kier alpha value is -5.04. The SMILES string of the molecule is C.O=C(Nc1cccc2c1C(=O)c1c(-c3ccc(OCC(=O)N4CCN(Cc5ccccc5)CC4)cc3)n[nH]c1-2)NN1CCOCC1. The molecule has 244 valence electrons. The number of benzene rings is 3. The van der Waals surface area contributed by atoms with Crippen LogP contribution in [-0.2, 0) is 16.1 Å². The molecule has 1 aliphatic carbocycles. The number of amides is 3. The number of nitrogens with one attached hydrogen (secondary N) is 3. The minimum atomic E-state index is -0.420. The maximum Gasteiger partial charge on any atom is 0.333 e. The number of rotatable bonds is 8. The molecule has 3 amide bonds. The van der Waals surface area contributed by atoms with E-state index in [1.165, 1.54) is 5.56 Å². The zero-order chi connectivity index (χ0) is 31.5. The molecule has 12 nitrogen and oxygen atoms in total. The number of carbonyl (C=O) groups excluding carboxylic acids is 3. The summed E-state index contributed by atoms with van der Waals surface area (Å²) < 4.78 is 11.2. The highest BCUT2D eigenvalue weighted by Crippen LogP contribution is 2.43. The van der Waals surface area contributed by atoms with E-state index in [0.717, 1.165) is 25.2 Å². The molecule has 0 bridgehead atoms. The lowest BCUT2D eigenvalue weighted by atomic mass is 10.0. The van der Waals surface area contributed by atoms with Gasteiger partial charge in [-0.15, -0.1) is 0 Å². The van der Waals surface area contributed by atoms with Gasteiger partial charge in [-0.2, -0.15) is 5.10 Å². The number of carbonyl (C=O) groups is 3. The van der Waals surface area contributed by atoms with E-state index in [9.17, 15) is 14.4 Å². The van der Waals surface area contributed by atoms with Gasteiger partial charge < -0.3 is 19.7 Å². The average molecular weight is 638 g/mol. The van der Waals surface area contributed by atoms with E-state index in [1.54, 1.807) is 29.3 Å². The van der Waals surface area contributed by atoms with Gasteiger partial charge in [-0.1, -0.05) is 49.9 Å². The van der Waals surface area contributed by atoms with Crippen LogP contribution < -0.4 is 15.5 Å². The highest BCUT2D eigenvalue weighted by Gasteiger charge is 2.35. The fourth-order valence-electron chi connectivity index (χ4n) is 6.11. The summed E-state index contributed by atoms with van der Waals surface area (Å²) in [6.45, 7) is 6.10. The number of hydrogen-bond donors (Lipinski definition) is 3. The Bertz CT molecular complexity index is 1730. The minimum Gasteiger partial charge on any atom is -0.484 e. The smallest absolute Gasteiger partial charge is 0.333 e.